The molecule has 1 aliphatic heterocycles. The average Bonchev–Trinajstić information content (AvgIpc) is 3.19. The molecular weight excluding hydrogens is 519 g/mol. The number of rotatable bonds is 6. The Morgan fingerprint density at radius 2 is 1.86 bits per heavy atom. The molecule has 2 aromatic rings. The molecule has 0 atom stereocenters. The molecule has 3 rings (SSSR count). The molecule has 1 amide bonds. The normalized spacial score (nSPS) is 13.8. The quantitative estimate of drug-likeness (QED) is 0.548. The van der Waals surface area contributed by atoms with Gasteiger partial charge in [-0.15, -0.1) is 0 Å². The molecule has 3 heterocycles. The molecule has 1 aliphatic rings. The number of nitrogens with one attached hydrogen (secondary N) is 1. The maximum absolute atomic E-state index is 13.3. The van der Waals surface area contributed by atoms with E-state index < -0.39 is 33.9 Å². The molecule has 0 bridgehead atoms. The highest BCUT2D eigenvalue weighted by molar-refractivity contribution is 7.92. The fraction of sp³-hybridized carbons (Fsp3) is 0.545. The molecule has 37 heavy (non-hydrogen) atoms. The molecular formula is C22H30F3N5O6S. The first-order valence-electron chi connectivity index (χ1n) is 11.4. The van der Waals surface area contributed by atoms with E-state index >= 15 is 0 Å². The smallest absolute Gasteiger partial charge is 0.427 e. The molecule has 0 aliphatic carbocycles. The summed E-state index contributed by atoms with van der Waals surface area (Å²) in [5.74, 6) is -0.745. The zero-order valence-corrected chi connectivity index (χ0v) is 21.9. The maximum Gasteiger partial charge on any atom is 0.427 e. The third kappa shape index (κ3) is 7.11. The van der Waals surface area contributed by atoms with Crippen LogP contribution in [-0.4, -0.2) is 58.7 Å². The first-order valence-corrected chi connectivity index (χ1v) is 12.8. The summed E-state index contributed by atoms with van der Waals surface area (Å²) in [5, 5.41) is 14.1. The number of carbonyl (C=O) groups is 2. The van der Waals surface area contributed by atoms with E-state index in [0.717, 1.165) is 13.8 Å². The Morgan fingerprint density at radius 3 is 2.38 bits per heavy atom. The number of amides is 1. The molecule has 0 spiro atoms. The molecule has 206 valence electrons. The summed E-state index contributed by atoms with van der Waals surface area (Å²) in [6.07, 6.45) is -2.12. The van der Waals surface area contributed by atoms with Crippen molar-refractivity contribution in [2.75, 3.05) is 16.2 Å². The van der Waals surface area contributed by atoms with Gasteiger partial charge in [-0.2, -0.15) is 18.3 Å². The number of anilines is 2. The zero-order chi connectivity index (χ0) is 28.2. The van der Waals surface area contributed by atoms with Crippen molar-refractivity contribution in [1.29, 1.82) is 0 Å². The van der Waals surface area contributed by atoms with E-state index in [-0.39, 0.29) is 29.2 Å². The lowest BCUT2D eigenvalue weighted by molar-refractivity contribution is -0.242. The second-order valence-corrected chi connectivity index (χ2v) is 10.4. The van der Waals surface area contributed by atoms with Gasteiger partial charge in [0.05, 0.1) is 29.0 Å². The maximum atomic E-state index is 13.3. The Morgan fingerprint density at radius 1 is 1.24 bits per heavy atom. The Bertz CT molecular complexity index is 1240. The molecule has 15 heteroatoms. The summed E-state index contributed by atoms with van der Waals surface area (Å²) in [4.78, 5) is 25.6. The molecule has 2 aromatic heterocycles. The highest BCUT2D eigenvalue weighted by Crippen LogP contribution is 2.35. The van der Waals surface area contributed by atoms with E-state index in [4.69, 9.17) is 5.11 Å². The molecule has 0 unspecified atom stereocenters. The van der Waals surface area contributed by atoms with Gasteiger partial charge in [-0.3, -0.25) is 24.1 Å². The second kappa shape index (κ2) is 11.4. The molecule has 0 radical (unpaired) electrons. The lowest BCUT2D eigenvalue weighted by atomic mass is 10.1. The lowest BCUT2D eigenvalue weighted by Crippen LogP contribution is -2.44. The van der Waals surface area contributed by atoms with Gasteiger partial charge in [0.2, 0.25) is 5.60 Å². The largest absolute Gasteiger partial charge is 0.481 e. The van der Waals surface area contributed by atoms with Crippen LogP contribution in [-0.2, 0) is 32.5 Å². The van der Waals surface area contributed by atoms with E-state index in [1.165, 1.54) is 27.4 Å². The second-order valence-electron chi connectivity index (χ2n) is 8.57. The number of carboxylic acid groups (broad SMARTS) is 1. The number of hydrogen-bond donors (Lipinski definition) is 2. The number of pyridine rings is 1. The summed E-state index contributed by atoms with van der Waals surface area (Å²) in [6, 6.07) is 1.36. The predicted molar refractivity (Wildman–Crippen MR) is 128 cm³/mol. The Hall–Kier alpha value is -3.36. The lowest BCUT2D eigenvalue weighted by Gasteiger charge is -2.30. The SMILES string of the molecule is CCC(=O)O.CCn1cc(S(=O)(=O)N2CCCc3ncc(NC(=O)OC(C)(C)C(F)(F)F)cc32)c(C)n1. The monoisotopic (exact) mass is 549 g/mol. The Labute approximate surface area is 212 Å². The van der Waals surface area contributed by atoms with Crippen LogP contribution >= 0.6 is 0 Å². The van der Waals surface area contributed by atoms with Gasteiger partial charge >= 0.3 is 18.2 Å². The van der Waals surface area contributed by atoms with Gasteiger partial charge in [-0.05, 0) is 46.6 Å². The third-order valence-corrected chi connectivity index (χ3v) is 7.28. The third-order valence-electron chi connectivity index (χ3n) is 5.36. The van der Waals surface area contributed by atoms with Crippen LogP contribution in [0.1, 0.15) is 51.9 Å². The van der Waals surface area contributed by atoms with Crippen LogP contribution in [0, 0.1) is 6.92 Å². The first-order chi connectivity index (χ1) is 17.0. The van der Waals surface area contributed by atoms with Crippen LogP contribution in [0.5, 0.6) is 0 Å². The van der Waals surface area contributed by atoms with Crippen LogP contribution in [0.3, 0.4) is 0 Å². The van der Waals surface area contributed by atoms with E-state index in [1.54, 1.807) is 13.8 Å². The average molecular weight is 550 g/mol. The van der Waals surface area contributed by atoms with Gasteiger partial charge in [0.15, 0.2) is 0 Å². The number of halogens is 3. The van der Waals surface area contributed by atoms with Gasteiger partial charge < -0.3 is 9.84 Å². The van der Waals surface area contributed by atoms with E-state index in [1.807, 2.05) is 6.92 Å². The van der Waals surface area contributed by atoms with E-state index in [2.05, 4.69) is 20.1 Å². The number of sulfonamides is 1. The molecule has 11 nitrogen and oxygen atoms in total. The summed E-state index contributed by atoms with van der Waals surface area (Å²) in [5.41, 5.74) is -1.61. The van der Waals surface area contributed by atoms with E-state index in [0.29, 0.717) is 30.8 Å². The number of ether oxygens (including phenoxy) is 1. The van der Waals surface area contributed by atoms with Crippen molar-refractivity contribution >= 4 is 33.5 Å². The summed E-state index contributed by atoms with van der Waals surface area (Å²) in [7, 11) is -3.97. The predicted octanol–water partition coefficient (Wildman–Crippen LogP) is 4.12. The first kappa shape index (κ1) is 29.9. The van der Waals surface area contributed by atoms with Crippen LogP contribution in [0.15, 0.2) is 23.4 Å². The van der Waals surface area contributed by atoms with Gasteiger partial charge in [0, 0.05) is 25.7 Å². The van der Waals surface area contributed by atoms with Crippen molar-refractivity contribution in [2.45, 2.75) is 77.1 Å². The number of aryl methyl sites for hydroxylation is 3. The standard InChI is InChI=1S/C19H24F3N5O4S.C3H6O2/c1-5-26-11-16(12(2)25-26)32(29,30)27-8-6-7-14-15(27)9-13(10-23-14)24-17(28)31-18(3,4)19(20,21)22;1-2-3(4)5/h9-11H,5-8H2,1-4H3,(H,24,28);2H2,1H3,(H,4,5). The number of hydrogen-bond acceptors (Lipinski definition) is 7. The number of carbonyl (C=O) groups excluding carboxylic acids is 1. The minimum absolute atomic E-state index is 0.00907. The van der Waals surface area contributed by atoms with Crippen LogP contribution in [0.4, 0.5) is 29.3 Å². The fourth-order valence-electron chi connectivity index (χ4n) is 3.19. The summed E-state index contributed by atoms with van der Waals surface area (Å²) in [6.45, 7) is 7.16. The Balaban J connectivity index is 0.000000877. The molecule has 0 fully saturated rings. The number of carboxylic acids is 1. The number of aromatic nitrogens is 3. The molecule has 0 saturated heterocycles. The number of alkyl halides is 3. The number of fused-ring (bicyclic) bond motifs is 1. The molecule has 0 saturated carbocycles. The van der Waals surface area contributed by atoms with Crippen LogP contribution in [0.2, 0.25) is 0 Å². The van der Waals surface area contributed by atoms with Gasteiger partial charge in [0.25, 0.3) is 10.0 Å². The summed E-state index contributed by atoms with van der Waals surface area (Å²) < 4.78 is 72.8. The highest BCUT2D eigenvalue weighted by atomic mass is 32.2. The molecule has 2 N–H and O–H groups in total. The minimum Gasteiger partial charge on any atom is -0.481 e. The fourth-order valence-corrected chi connectivity index (χ4v) is 4.88. The van der Waals surface area contributed by atoms with Crippen molar-refractivity contribution in [3.8, 4) is 0 Å². The highest BCUT2D eigenvalue weighted by Gasteiger charge is 2.51. The Kier molecular flexibility index (Phi) is 9.17. The molecule has 0 aromatic carbocycles. The van der Waals surface area contributed by atoms with Crippen molar-refractivity contribution in [3.05, 3.63) is 29.8 Å². The van der Waals surface area contributed by atoms with Crippen molar-refractivity contribution in [2.24, 2.45) is 0 Å². The zero-order valence-electron chi connectivity index (χ0n) is 21.1. The minimum atomic E-state index is -4.76. The van der Waals surface area contributed by atoms with Crippen molar-refractivity contribution in [1.82, 2.24) is 14.8 Å². The number of nitrogens with zero attached hydrogens (tertiary/aromatic N) is 4. The van der Waals surface area contributed by atoms with Gasteiger partial charge in [0.1, 0.15) is 4.90 Å². The van der Waals surface area contributed by atoms with Gasteiger partial charge in [-0.1, -0.05) is 6.92 Å². The van der Waals surface area contributed by atoms with Crippen molar-refractivity contribution < 1.29 is 41.0 Å². The van der Waals surface area contributed by atoms with Crippen molar-refractivity contribution in [3.63, 3.8) is 0 Å². The van der Waals surface area contributed by atoms with E-state index in [9.17, 15) is 31.2 Å². The van der Waals surface area contributed by atoms with Crippen LogP contribution in [0.25, 0.3) is 0 Å². The van der Waals surface area contributed by atoms with Crippen LogP contribution < -0.4 is 9.62 Å². The van der Waals surface area contributed by atoms with Gasteiger partial charge in [-0.25, -0.2) is 13.2 Å². The topological polar surface area (TPSA) is 144 Å². The summed E-state index contributed by atoms with van der Waals surface area (Å²) >= 11 is 0. The number of aliphatic carboxylic acids is 1.